The number of halogens is 3. The highest BCUT2D eigenvalue weighted by Gasteiger charge is 2.43. The summed E-state index contributed by atoms with van der Waals surface area (Å²) in [6.45, 7) is 0.132. The maximum atomic E-state index is 13.8. The fraction of sp³-hybridized carbons (Fsp3) is 0.240. The van der Waals surface area contributed by atoms with E-state index in [0.717, 1.165) is 30.7 Å². The molecule has 2 aliphatic rings. The van der Waals surface area contributed by atoms with Gasteiger partial charge in [0.2, 0.25) is 5.43 Å². The molecule has 2 unspecified atom stereocenters. The fourth-order valence-electron chi connectivity index (χ4n) is 4.49. The molecule has 0 spiro atoms. The first-order valence-electron chi connectivity index (χ1n) is 11.0. The van der Waals surface area contributed by atoms with E-state index < -0.39 is 40.2 Å². The standard InChI is InChI=1S/C25H20ClF2N3O4/c26-16-2-4-20-14(7-16)5-13-6-15(13)11-31(20)25(35)21-23(33)22(32)18(10-29-21)24(34)30-9-12-1-3-17(27)8-19(12)28/h1-4,7-8,10,13,15,33H,5-6,9,11H2,(H,29,32)(H,30,34). The van der Waals surface area contributed by atoms with Crippen LogP contribution in [-0.4, -0.2) is 28.4 Å². The number of nitrogens with zero attached hydrogens (tertiary/aromatic N) is 1. The summed E-state index contributed by atoms with van der Waals surface area (Å²) in [5.41, 5.74) is -0.232. The SMILES string of the molecule is O=C(NCc1ccc(F)cc1F)c1c[nH]c(C(=O)N2CC3CC3Cc3cc(Cl)ccc32)c(O)c1=O. The van der Waals surface area contributed by atoms with Crippen molar-refractivity contribution < 1.29 is 23.5 Å². The number of carbonyl (C=O) groups excluding carboxylic acids is 2. The van der Waals surface area contributed by atoms with Crippen molar-refractivity contribution in [2.75, 3.05) is 11.4 Å². The number of fused-ring (bicyclic) bond motifs is 2. The molecule has 2 amide bonds. The minimum atomic E-state index is -1.04. The van der Waals surface area contributed by atoms with E-state index in [1.54, 1.807) is 12.1 Å². The number of aromatic hydroxyl groups is 1. The maximum Gasteiger partial charge on any atom is 0.278 e. The Bertz CT molecular complexity index is 1420. The van der Waals surface area contributed by atoms with Crippen molar-refractivity contribution in [3.8, 4) is 5.75 Å². The second-order valence-electron chi connectivity index (χ2n) is 8.82. The summed E-state index contributed by atoms with van der Waals surface area (Å²) < 4.78 is 26.9. The van der Waals surface area contributed by atoms with Crippen molar-refractivity contribution in [1.29, 1.82) is 0 Å². The summed E-state index contributed by atoms with van der Waals surface area (Å²) in [4.78, 5) is 42.7. The number of nitrogens with one attached hydrogen (secondary N) is 2. The van der Waals surface area contributed by atoms with E-state index in [4.69, 9.17) is 11.6 Å². The van der Waals surface area contributed by atoms with Crippen LogP contribution in [0.25, 0.3) is 0 Å². The highest BCUT2D eigenvalue weighted by molar-refractivity contribution is 6.30. The van der Waals surface area contributed by atoms with Crippen LogP contribution >= 0.6 is 11.6 Å². The topological polar surface area (TPSA) is 102 Å². The first-order chi connectivity index (χ1) is 16.7. The molecule has 2 aromatic carbocycles. The summed E-state index contributed by atoms with van der Waals surface area (Å²) in [5.74, 6) is -3.21. The van der Waals surface area contributed by atoms with Crippen LogP contribution in [-0.2, 0) is 13.0 Å². The van der Waals surface area contributed by atoms with Gasteiger partial charge in [0.05, 0.1) is 0 Å². The molecule has 1 aromatic heterocycles. The first-order valence-corrected chi connectivity index (χ1v) is 11.4. The molecule has 0 bridgehead atoms. The molecule has 3 aromatic rings. The van der Waals surface area contributed by atoms with Crippen LogP contribution in [0.5, 0.6) is 5.75 Å². The molecule has 35 heavy (non-hydrogen) atoms. The number of anilines is 1. The van der Waals surface area contributed by atoms with Crippen molar-refractivity contribution in [2.45, 2.75) is 19.4 Å². The van der Waals surface area contributed by atoms with Gasteiger partial charge in [-0.2, -0.15) is 0 Å². The van der Waals surface area contributed by atoms with E-state index in [2.05, 4.69) is 10.3 Å². The van der Waals surface area contributed by atoms with Gasteiger partial charge in [0, 0.05) is 41.6 Å². The van der Waals surface area contributed by atoms with Gasteiger partial charge in [-0.25, -0.2) is 8.78 Å². The number of hydrogen-bond acceptors (Lipinski definition) is 4. The van der Waals surface area contributed by atoms with Crippen LogP contribution in [0.15, 0.2) is 47.4 Å². The van der Waals surface area contributed by atoms with Crippen molar-refractivity contribution in [1.82, 2.24) is 10.3 Å². The van der Waals surface area contributed by atoms with Gasteiger partial charge < -0.3 is 20.3 Å². The molecular formula is C25H20ClF2N3O4. The van der Waals surface area contributed by atoms with Gasteiger partial charge in [-0.15, -0.1) is 0 Å². The van der Waals surface area contributed by atoms with Gasteiger partial charge in [-0.1, -0.05) is 17.7 Å². The predicted molar refractivity (Wildman–Crippen MR) is 125 cm³/mol. The molecule has 2 heterocycles. The second-order valence-corrected chi connectivity index (χ2v) is 9.26. The number of rotatable bonds is 4. The van der Waals surface area contributed by atoms with E-state index in [-0.39, 0.29) is 17.8 Å². The highest BCUT2D eigenvalue weighted by atomic mass is 35.5. The zero-order valence-electron chi connectivity index (χ0n) is 18.3. The third kappa shape index (κ3) is 4.39. The lowest BCUT2D eigenvalue weighted by Gasteiger charge is -2.24. The molecule has 0 radical (unpaired) electrons. The molecule has 0 saturated heterocycles. The van der Waals surface area contributed by atoms with Gasteiger partial charge in [-0.05, 0) is 54.5 Å². The number of amides is 2. The van der Waals surface area contributed by atoms with E-state index >= 15 is 0 Å². The lowest BCUT2D eigenvalue weighted by Crippen LogP contribution is -2.35. The fourth-order valence-corrected chi connectivity index (χ4v) is 4.69. The first kappa shape index (κ1) is 23.0. The van der Waals surface area contributed by atoms with Gasteiger partial charge in [0.15, 0.2) is 11.4 Å². The number of aromatic amines is 1. The van der Waals surface area contributed by atoms with E-state index in [0.29, 0.717) is 35.2 Å². The monoisotopic (exact) mass is 499 g/mol. The van der Waals surface area contributed by atoms with Crippen LogP contribution in [0.3, 0.4) is 0 Å². The van der Waals surface area contributed by atoms with Crippen LogP contribution in [0, 0.1) is 23.5 Å². The van der Waals surface area contributed by atoms with Crippen LogP contribution in [0.2, 0.25) is 5.02 Å². The summed E-state index contributed by atoms with van der Waals surface area (Å²) in [7, 11) is 0. The average Bonchev–Trinajstić information content (AvgIpc) is 3.57. The summed E-state index contributed by atoms with van der Waals surface area (Å²) >= 11 is 6.14. The molecule has 1 aliphatic heterocycles. The molecule has 1 saturated carbocycles. The Balaban J connectivity index is 1.39. The van der Waals surface area contributed by atoms with E-state index in [1.807, 2.05) is 6.07 Å². The summed E-state index contributed by atoms with van der Waals surface area (Å²) in [6.07, 6.45) is 2.80. The van der Waals surface area contributed by atoms with Crippen LogP contribution < -0.4 is 15.6 Å². The van der Waals surface area contributed by atoms with Crippen molar-refractivity contribution >= 4 is 29.1 Å². The zero-order valence-corrected chi connectivity index (χ0v) is 19.0. The molecule has 1 fully saturated rings. The Hall–Kier alpha value is -3.72. The Morgan fingerprint density at radius 3 is 2.74 bits per heavy atom. The molecule has 1 aliphatic carbocycles. The maximum absolute atomic E-state index is 13.8. The quantitative estimate of drug-likeness (QED) is 0.508. The molecule has 2 atom stereocenters. The number of carbonyl (C=O) groups is 2. The number of H-pyrrole nitrogens is 1. The molecular weight excluding hydrogens is 480 g/mol. The van der Waals surface area contributed by atoms with E-state index in [1.165, 1.54) is 11.0 Å². The molecule has 3 N–H and O–H groups in total. The highest BCUT2D eigenvalue weighted by Crippen LogP contribution is 2.47. The van der Waals surface area contributed by atoms with Gasteiger partial charge in [0.25, 0.3) is 11.8 Å². The lowest BCUT2D eigenvalue weighted by molar-refractivity contribution is 0.0942. The zero-order chi connectivity index (χ0) is 24.9. The van der Waals surface area contributed by atoms with Crippen LogP contribution in [0.4, 0.5) is 14.5 Å². The number of aromatic nitrogens is 1. The molecule has 7 nitrogen and oxygen atoms in total. The average molecular weight is 500 g/mol. The van der Waals surface area contributed by atoms with Crippen molar-refractivity contribution in [2.24, 2.45) is 11.8 Å². The van der Waals surface area contributed by atoms with Gasteiger partial charge in [-0.3, -0.25) is 14.4 Å². The number of benzene rings is 2. The van der Waals surface area contributed by atoms with Gasteiger partial charge >= 0.3 is 0 Å². The Labute approximate surface area is 203 Å². The number of pyridine rings is 1. The van der Waals surface area contributed by atoms with Crippen molar-refractivity contribution in [3.63, 3.8) is 0 Å². The molecule has 180 valence electrons. The largest absolute Gasteiger partial charge is 0.503 e. The minimum Gasteiger partial charge on any atom is -0.503 e. The minimum absolute atomic E-state index is 0.0190. The smallest absolute Gasteiger partial charge is 0.278 e. The molecule has 5 rings (SSSR count). The molecule has 10 heteroatoms. The second kappa shape index (κ2) is 8.81. The summed E-state index contributed by atoms with van der Waals surface area (Å²) in [5, 5.41) is 13.4. The number of hydrogen-bond donors (Lipinski definition) is 3. The third-order valence-corrected chi connectivity index (χ3v) is 6.75. The summed E-state index contributed by atoms with van der Waals surface area (Å²) in [6, 6.07) is 8.13. The normalized spacial score (nSPS) is 18.3. The van der Waals surface area contributed by atoms with E-state index in [9.17, 15) is 28.3 Å². The Morgan fingerprint density at radius 1 is 1.17 bits per heavy atom. The van der Waals surface area contributed by atoms with Crippen LogP contribution in [0.1, 0.15) is 38.4 Å². The lowest BCUT2D eigenvalue weighted by atomic mass is 10.1. The predicted octanol–water partition coefficient (Wildman–Crippen LogP) is 3.78. The third-order valence-electron chi connectivity index (χ3n) is 6.52. The van der Waals surface area contributed by atoms with Gasteiger partial charge in [0.1, 0.15) is 17.2 Å². The Kier molecular flexibility index (Phi) is 5.80. The Morgan fingerprint density at radius 2 is 1.97 bits per heavy atom. The van der Waals surface area contributed by atoms with Crippen molar-refractivity contribution in [3.05, 3.63) is 91.9 Å².